The summed E-state index contributed by atoms with van der Waals surface area (Å²) in [5.74, 6) is 0.105. The number of hydrogen-bond acceptors (Lipinski definition) is 5. The molecule has 0 aliphatic heterocycles. The molecule has 0 saturated carbocycles. The number of aromatic nitrogens is 1. The summed E-state index contributed by atoms with van der Waals surface area (Å²) < 4.78 is 0. The molecule has 1 aromatic heterocycles. The lowest BCUT2D eigenvalue weighted by molar-refractivity contribution is -0.384. The van der Waals surface area contributed by atoms with Gasteiger partial charge < -0.3 is 5.73 Å². The van der Waals surface area contributed by atoms with Crippen LogP contribution in [0.15, 0.2) is 18.2 Å². The highest BCUT2D eigenvalue weighted by atomic mass is 35.5. The van der Waals surface area contributed by atoms with Crippen molar-refractivity contribution in [3.05, 3.63) is 50.2 Å². The third-order valence-electron chi connectivity index (χ3n) is 3.26. The number of hydrogen-bond donors (Lipinski definition) is 1. The number of nitro groups is 1. The van der Waals surface area contributed by atoms with Gasteiger partial charge >= 0.3 is 0 Å². The maximum Gasteiger partial charge on any atom is 0.288 e. The standard InChI is InChI=1S/C14H11ClN4O2/c1-7-8(2)18-14(17)10(6-16)13(7)9-3-4-11(15)12(5-9)19(20)21/h3-5H,1-2H3,(H2,17,18). The zero-order valence-corrected chi connectivity index (χ0v) is 12.1. The van der Waals surface area contributed by atoms with Crippen LogP contribution in [-0.4, -0.2) is 9.91 Å². The number of anilines is 1. The van der Waals surface area contributed by atoms with Gasteiger partial charge in [-0.2, -0.15) is 5.26 Å². The van der Waals surface area contributed by atoms with E-state index >= 15 is 0 Å². The third-order valence-corrected chi connectivity index (χ3v) is 3.57. The molecule has 0 bridgehead atoms. The molecule has 1 aromatic carbocycles. The van der Waals surface area contributed by atoms with E-state index in [1.165, 1.54) is 12.1 Å². The molecule has 2 N–H and O–H groups in total. The van der Waals surface area contributed by atoms with E-state index in [2.05, 4.69) is 4.98 Å². The molecule has 2 rings (SSSR count). The number of benzene rings is 1. The van der Waals surface area contributed by atoms with Crippen molar-refractivity contribution in [2.24, 2.45) is 0 Å². The summed E-state index contributed by atoms with van der Waals surface area (Å²) in [5.41, 5.74) is 8.23. The number of nitrogens with zero attached hydrogens (tertiary/aromatic N) is 3. The fraction of sp³-hybridized carbons (Fsp3) is 0.143. The first kappa shape index (κ1) is 14.8. The van der Waals surface area contributed by atoms with Gasteiger partial charge in [0.2, 0.25) is 0 Å². The minimum absolute atomic E-state index is 0.0404. The van der Waals surface area contributed by atoms with Crippen LogP contribution in [-0.2, 0) is 0 Å². The van der Waals surface area contributed by atoms with Crippen molar-refractivity contribution in [3.63, 3.8) is 0 Å². The molecule has 0 unspecified atom stereocenters. The fourth-order valence-corrected chi connectivity index (χ4v) is 2.29. The van der Waals surface area contributed by atoms with E-state index in [0.29, 0.717) is 16.8 Å². The van der Waals surface area contributed by atoms with Gasteiger partial charge in [-0.15, -0.1) is 0 Å². The minimum Gasteiger partial charge on any atom is -0.383 e. The van der Waals surface area contributed by atoms with Gasteiger partial charge in [-0.05, 0) is 31.0 Å². The highest BCUT2D eigenvalue weighted by Crippen LogP contribution is 2.35. The lowest BCUT2D eigenvalue weighted by atomic mass is 9.95. The van der Waals surface area contributed by atoms with E-state index in [1.54, 1.807) is 19.9 Å². The van der Waals surface area contributed by atoms with Crippen molar-refractivity contribution < 1.29 is 4.92 Å². The molecule has 1 heterocycles. The van der Waals surface area contributed by atoms with Gasteiger partial charge in [0, 0.05) is 17.3 Å². The maximum absolute atomic E-state index is 11.0. The molecule has 0 spiro atoms. The molecule has 0 atom stereocenters. The number of nitriles is 1. The Kier molecular flexibility index (Phi) is 3.78. The average Bonchev–Trinajstić information content (AvgIpc) is 2.43. The van der Waals surface area contributed by atoms with E-state index in [-0.39, 0.29) is 22.1 Å². The van der Waals surface area contributed by atoms with Gasteiger partial charge in [-0.25, -0.2) is 4.98 Å². The summed E-state index contributed by atoms with van der Waals surface area (Å²) >= 11 is 5.81. The topological polar surface area (TPSA) is 106 Å². The quantitative estimate of drug-likeness (QED) is 0.676. The van der Waals surface area contributed by atoms with E-state index in [0.717, 1.165) is 5.56 Å². The summed E-state index contributed by atoms with van der Waals surface area (Å²) in [6, 6.07) is 6.40. The molecule has 2 aromatic rings. The predicted octanol–water partition coefficient (Wildman–Crippen LogP) is 3.38. The van der Waals surface area contributed by atoms with Crippen LogP contribution in [0.25, 0.3) is 11.1 Å². The van der Waals surface area contributed by atoms with Crippen LogP contribution in [0, 0.1) is 35.3 Å². The largest absolute Gasteiger partial charge is 0.383 e. The number of nitrogen functional groups attached to an aromatic ring is 1. The zero-order chi connectivity index (χ0) is 15.7. The first-order chi connectivity index (χ1) is 9.86. The summed E-state index contributed by atoms with van der Waals surface area (Å²) in [4.78, 5) is 14.5. The second kappa shape index (κ2) is 5.38. The van der Waals surface area contributed by atoms with Crippen LogP contribution in [0.2, 0.25) is 5.02 Å². The normalized spacial score (nSPS) is 10.2. The van der Waals surface area contributed by atoms with Gasteiger partial charge in [0.1, 0.15) is 22.5 Å². The molecule has 0 aliphatic carbocycles. The van der Waals surface area contributed by atoms with Gasteiger partial charge in [0.15, 0.2) is 0 Å². The second-order valence-electron chi connectivity index (χ2n) is 4.49. The molecule has 0 fully saturated rings. The lowest BCUT2D eigenvalue weighted by Gasteiger charge is -2.12. The van der Waals surface area contributed by atoms with Crippen molar-refractivity contribution in [1.29, 1.82) is 5.26 Å². The fourth-order valence-electron chi connectivity index (χ4n) is 2.10. The van der Waals surface area contributed by atoms with Crippen molar-refractivity contribution in [2.75, 3.05) is 5.73 Å². The highest BCUT2D eigenvalue weighted by molar-refractivity contribution is 6.32. The monoisotopic (exact) mass is 302 g/mol. The van der Waals surface area contributed by atoms with Gasteiger partial charge in [0.25, 0.3) is 5.69 Å². The molecule has 7 heteroatoms. The first-order valence-corrected chi connectivity index (χ1v) is 6.35. The van der Waals surface area contributed by atoms with Gasteiger partial charge in [-0.3, -0.25) is 10.1 Å². The summed E-state index contributed by atoms with van der Waals surface area (Å²) in [6.45, 7) is 3.55. The van der Waals surface area contributed by atoms with E-state index in [4.69, 9.17) is 17.3 Å². The number of aryl methyl sites for hydroxylation is 1. The average molecular weight is 303 g/mol. The van der Waals surface area contributed by atoms with Crippen LogP contribution in [0.5, 0.6) is 0 Å². The van der Waals surface area contributed by atoms with E-state index in [9.17, 15) is 15.4 Å². The van der Waals surface area contributed by atoms with Gasteiger partial charge in [-0.1, -0.05) is 17.7 Å². The van der Waals surface area contributed by atoms with Crippen molar-refractivity contribution in [1.82, 2.24) is 4.98 Å². The Morgan fingerprint density at radius 3 is 2.67 bits per heavy atom. The number of nitrogens with two attached hydrogens (primary N) is 1. The zero-order valence-electron chi connectivity index (χ0n) is 11.3. The Morgan fingerprint density at radius 1 is 1.43 bits per heavy atom. The summed E-state index contributed by atoms with van der Waals surface area (Å²) in [6.07, 6.45) is 0. The lowest BCUT2D eigenvalue weighted by Crippen LogP contribution is -2.03. The van der Waals surface area contributed by atoms with Crippen molar-refractivity contribution in [2.45, 2.75) is 13.8 Å². The summed E-state index contributed by atoms with van der Waals surface area (Å²) in [5, 5.41) is 20.3. The molecule has 21 heavy (non-hydrogen) atoms. The Balaban J connectivity index is 2.82. The van der Waals surface area contributed by atoms with Crippen LogP contribution < -0.4 is 5.73 Å². The smallest absolute Gasteiger partial charge is 0.288 e. The first-order valence-electron chi connectivity index (χ1n) is 5.98. The van der Waals surface area contributed by atoms with Crippen molar-refractivity contribution >= 4 is 23.1 Å². The third kappa shape index (κ3) is 2.51. The van der Waals surface area contributed by atoms with Crippen LogP contribution in [0.4, 0.5) is 11.5 Å². The van der Waals surface area contributed by atoms with Crippen LogP contribution >= 0.6 is 11.6 Å². The number of halogens is 1. The maximum atomic E-state index is 11.0. The Hall–Kier alpha value is -2.65. The molecule has 0 amide bonds. The second-order valence-corrected chi connectivity index (χ2v) is 4.90. The van der Waals surface area contributed by atoms with E-state index < -0.39 is 4.92 Å². The number of pyridine rings is 1. The highest BCUT2D eigenvalue weighted by Gasteiger charge is 2.19. The Labute approximate surface area is 125 Å². The predicted molar refractivity (Wildman–Crippen MR) is 79.9 cm³/mol. The van der Waals surface area contributed by atoms with Crippen LogP contribution in [0.1, 0.15) is 16.8 Å². The summed E-state index contributed by atoms with van der Waals surface area (Å²) in [7, 11) is 0. The van der Waals surface area contributed by atoms with Gasteiger partial charge in [0.05, 0.1) is 4.92 Å². The SMILES string of the molecule is Cc1nc(N)c(C#N)c(-c2ccc(Cl)c([N+](=O)[O-])c2)c1C. The van der Waals surface area contributed by atoms with E-state index in [1.807, 2.05) is 6.07 Å². The molecule has 0 aliphatic rings. The Bertz CT molecular complexity index is 797. The molecule has 0 radical (unpaired) electrons. The van der Waals surface area contributed by atoms with Crippen LogP contribution in [0.3, 0.4) is 0 Å². The molecule has 6 nitrogen and oxygen atoms in total. The number of nitro benzene ring substituents is 1. The van der Waals surface area contributed by atoms with Crippen molar-refractivity contribution in [3.8, 4) is 17.2 Å². The minimum atomic E-state index is -0.565. The molecule has 106 valence electrons. The molecular weight excluding hydrogens is 292 g/mol. The molecular formula is C14H11ClN4O2. The Morgan fingerprint density at radius 2 is 2.10 bits per heavy atom. The number of rotatable bonds is 2. The molecule has 0 saturated heterocycles.